The molecule has 18 heavy (non-hydrogen) atoms. The Bertz CT molecular complexity index is 391. The van der Waals surface area contributed by atoms with Crippen LogP contribution in [0.4, 0.5) is 0 Å². The first-order chi connectivity index (χ1) is 8.69. The number of para-hydroxylation sites is 1. The summed E-state index contributed by atoms with van der Waals surface area (Å²) in [5.74, 6) is 0.693. The molecular formula is C14H21NO3. The standard InChI is InChI=1S/C14H21NO3/c1-11-5-3-6-12(8-9-15)14(11)18-10-4-7-13(16)17-2/h3,5-6H,4,7-10,15H2,1-2H3. The van der Waals surface area contributed by atoms with Gasteiger partial charge < -0.3 is 15.2 Å². The molecule has 0 heterocycles. The van der Waals surface area contributed by atoms with Crippen LogP contribution in [-0.4, -0.2) is 26.2 Å². The van der Waals surface area contributed by atoms with Crippen molar-refractivity contribution < 1.29 is 14.3 Å². The van der Waals surface area contributed by atoms with Crippen molar-refractivity contribution >= 4 is 5.97 Å². The molecule has 0 aliphatic carbocycles. The molecule has 1 rings (SSSR count). The highest BCUT2D eigenvalue weighted by Gasteiger charge is 2.07. The first kappa shape index (κ1) is 14.5. The molecule has 0 saturated heterocycles. The van der Waals surface area contributed by atoms with Crippen molar-refractivity contribution in [3.63, 3.8) is 0 Å². The van der Waals surface area contributed by atoms with Gasteiger partial charge in [0.2, 0.25) is 0 Å². The number of rotatable bonds is 7. The fourth-order valence-corrected chi connectivity index (χ4v) is 1.76. The number of nitrogens with two attached hydrogens (primary N) is 1. The molecule has 2 N–H and O–H groups in total. The summed E-state index contributed by atoms with van der Waals surface area (Å²) in [7, 11) is 1.39. The largest absolute Gasteiger partial charge is 0.493 e. The van der Waals surface area contributed by atoms with Gasteiger partial charge in [0.25, 0.3) is 0 Å². The van der Waals surface area contributed by atoms with Gasteiger partial charge in [0, 0.05) is 6.42 Å². The molecule has 0 aliphatic heterocycles. The SMILES string of the molecule is COC(=O)CCCOc1c(C)cccc1CCN. The number of benzene rings is 1. The lowest BCUT2D eigenvalue weighted by Gasteiger charge is -2.13. The Kier molecular flexibility index (Phi) is 6.22. The Balaban J connectivity index is 2.52. The third kappa shape index (κ3) is 4.37. The van der Waals surface area contributed by atoms with E-state index in [9.17, 15) is 4.79 Å². The van der Waals surface area contributed by atoms with Gasteiger partial charge in [-0.05, 0) is 37.4 Å². The molecule has 0 spiro atoms. The van der Waals surface area contributed by atoms with Crippen molar-refractivity contribution in [2.75, 3.05) is 20.3 Å². The lowest BCUT2D eigenvalue weighted by atomic mass is 10.1. The summed E-state index contributed by atoms with van der Waals surface area (Å²) in [5.41, 5.74) is 7.79. The molecule has 0 radical (unpaired) electrons. The lowest BCUT2D eigenvalue weighted by Crippen LogP contribution is -2.08. The van der Waals surface area contributed by atoms with Crippen LogP contribution in [0.5, 0.6) is 5.75 Å². The summed E-state index contributed by atoms with van der Waals surface area (Å²) in [6.45, 7) is 3.12. The third-order valence-electron chi connectivity index (χ3n) is 2.71. The van der Waals surface area contributed by atoms with Gasteiger partial charge in [0.05, 0.1) is 13.7 Å². The number of hydrogen-bond donors (Lipinski definition) is 1. The zero-order chi connectivity index (χ0) is 13.4. The van der Waals surface area contributed by atoms with E-state index >= 15 is 0 Å². The molecular weight excluding hydrogens is 230 g/mol. The molecule has 4 nitrogen and oxygen atoms in total. The summed E-state index contributed by atoms with van der Waals surface area (Å²) in [6, 6.07) is 6.03. The molecule has 4 heteroatoms. The molecule has 0 unspecified atom stereocenters. The second-order valence-electron chi connectivity index (χ2n) is 4.13. The molecule has 1 aromatic rings. The Morgan fingerprint density at radius 1 is 1.39 bits per heavy atom. The van der Waals surface area contributed by atoms with E-state index < -0.39 is 0 Å². The fourth-order valence-electron chi connectivity index (χ4n) is 1.76. The number of hydrogen-bond acceptors (Lipinski definition) is 4. The van der Waals surface area contributed by atoms with Gasteiger partial charge in [-0.3, -0.25) is 4.79 Å². The highest BCUT2D eigenvalue weighted by molar-refractivity contribution is 5.69. The van der Waals surface area contributed by atoms with Gasteiger partial charge >= 0.3 is 5.97 Å². The molecule has 0 bridgehead atoms. The van der Waals surface area contributed by atoms with E-state index in [0.717, 1.165) is 23.3 Å². The lowest BCUT2D eigenvalue weighted by molar-refractivity contribution is -0.140. The van der Waals surface area contributed by atoms with E-state index in [1.807, 2.05) is 25.1 Å². The first-order valence-electron chi connectivity index (χ1n) is 6.17. The van der Waals surface area contributed by atoms with E-state index in [2.05, 4.69) is 4.74 Å². The number of methoxy groups -OCH3 is 1. The van der Waals surface area contributed by atoms with Crippen molar-refractivity contribution in [2.45, 2.75) is 26.2 Å². The topological polar surface area (TPSA) is 61.5 Å². The Hall–Kier alpha value is -1.55. The number of esters is 1. The maximum absolute atomic E-state index is 11.0. The zero-order valence-electron chi connectivity index (χ0n) is 11.1. The van der Waals surface area contributed by atoms with Gasteiger partial charge in [-0.15, -0.1) is 0 Å². The zero-order valence-corrected chi connectivity index (χ0v) is 11.1. The van der Waals surface area contributed by atoms with Gasteiger partial charge in [0.1, 0.15) is 5.75 Å². The summed E-state index contributed by atoms with van der Waals surface area (Å²) in [5, 5.41) is 0. The second kappa shape index (κ2) is 7.71. The van der Waals surface area contributed by atoms with E-state index in [1.165, 1.54) is 7.11 Å². The fraction of sp³-hybridized carbons (Fsp3) is 0.500. The normalized spacial score (nSPS) is 10.2. The molecule has 1 aromatic carbocycles. The second-order valence-corrected chi connectivity index (χ2v) is 4.13. The highest BCUT2D eigenvalue weighted by atomic mass is 16.5. The highest BCUT2D eigenvalue weighted by Crippen LogP contribution is 2.23. The van der Waals surface area contributed by atoms with Gasteiger partial charge in [-0.1, -0.05) is 18.2 Å². The molecule has 0 fully saturated rings. The van der Waals surface area contributed by atoms with Crippen LogP contribution >= 0.6 is 0 Å². The Labute approximate surface area is 108 Å². The van der Waals surface area contributed by atoms with Crippen LogP contribution in [0.15, 0.2) is 18.2 Å². The van der Waals surface area contributed by atoms with Crippen molar-refractivity contribution in [3.8, 4) is 5.75 Å². The minimum absolute atomic E-state index is 0.203. The Morgan fingerprint density at radius 3 is 2.83 bits per heavy atom. The predicted octanol–water partition coefficient (Wildman–Crippen LogP) is 1.83. The molecule has 0 saturated carbocycles. The molecule has 0 atom stereocenters. The number of aryl methyl sites for hydroxylation is 1. The molecule has 100 valence electrons. The summed E-state index contributed by atoms with van der Waals surface area (Å²) in [6.07, 6.45) is 1.84. The van der Waals surface area contributed by atoms with Crippen LogP contribution < -0.4 is 10.5 Å². The van der Waals surface area contributed by atoms with Crippen molar-refractivity contribution in [3.05, 3.63) is 29.3 Å². The van der Waals surface area contributed by atoms with E-state index in [4.69, 9.17) is 10.5 Å². The monoisotopic (exact) mass is 251 g/mol. The average molecular weight is 251 g/mol. The van der Waals surface area contributed by atoms with Crippen LogP contribution in [0.3, 0.4) is 0 Å². The van der Waals surface area contributed by atoms with E-state index in [-0.39, 0.29) is 5.97 Å². The van der Waals surface area contributed by atoms with Crippen LogP contribution in [0.2, 0.25) is 0 Å². The van der Waals surface area contributed by atoms with Crippen molar-refractivity contribution in [1.82, 2.24) is 0 Å². The molecule has 0 aliphatic rings. The summed E-state index contributed by atoms with van der Waals surface area (Å²) >= 11 is 0. The predicted molar refractivity (Wildman–Crippen MR) is 70.7 cm³/mol. The third-order valence-corrected chi connectivity index (χ3v) is 2.71. The van der Waals surface area contributed by atoms with Crippen LogP contribution in [0, 0.1) is 6.92 Å². The minimum Gasteiger partial charge on any atom is -0.493 e. The Morgan fingerprint density at radius 2 is 2.17 bits per heavy atom. The number of carbonyl (C=O) groups excluding carboxylic acids is 1. The van der Waals surface area contributed by atoms with Crippen molar-refractivity contribution in [2.24, 2.45) is 5.73 Å². The van der Waals surface area contributed by atoms with E-state index in [1.54, 1.807) is 0 Å². The van der Waals surface area contributed by atoms with Gasteiger partial charge in [-0.2, -0.15) is 0 Å². The quantitative estimate of drug-likeness (QED) is 0.593. The average Bonchev–Trinajstić information content (AvgIpc) is 2.37. The summed E-state index contributed by atoms with van der Waals surface area (Å²) in [4.78, 5) is 11.0. The smallest absolute Gasteiger partial charge is 0.305 e. The van der Waals surface area contributed by atoms with Gasteiger partial charge in [-0.25, -0.2) is 0 Å². The summed E-state index contributed by atoms with van der Waals surface area (Å²) < 4.78 is 10.3. The minimum atomic E-state index is -0.203. The molecule has 0 aromatic heterocycles. The van der Waals surface area contributed by atoms with Crippen LogP contribution in [0.25, 0.3) is 0 Å². The number of ether oxygens (including phenoxy) is 2. The maximum atomic E-state index is 11.0. The van der Waals surface area contributed by atoms with Gasteiger partial charge in [0.15, 0.2) is 0 Å². The van der Waals surface area contributed by atoms with Crippen LogP contribution in [-0.2, 0) is 16.0 Å². The maximum Gasteiger partial charge on any atom is 0.305 e. The number of carbonyl (C=O) groups is 1. The molecule has 0 amide bonds. The van der Waals surface area contributed by atoms with Crippen LogP contribution in [0.1, 0.15) is 24.0 Å². The van der Waals surface area contributed by atoms with E-state index in [0.29, 0.717) is 26.0 Å². The van der Waals surface area contributed by atoms with Crippen molar-refractivity contribution in [1.29, 1.82) is 0 Å². The first-order valence-corrected chi connectivity index (χ1v) is 6.17.